The molecule has 0 saturated heterocycles. The van der Waals surface area contributed by atoms with E-state index >= 15 is 0 Å². The third kappa shape index (κ3) is 6.05. The van der Waals surface area contributed by atoms with Crippen LogP contribution in [0.5, 0.6) is 0 Å². The number of para-hydroxylation sites is 2. The minimum absolute atomic E-state index is 1.08. The Morgan fingerprint density at radius 1 is 0.373 bits per heavy atom. The molecule has 0 fully saturated rings. The maximum Gasteiger partial charge on any atom is 0.0534 e. The van der Waals surface area contributed by atoms with Crippen molar-refractivity contribution in [3.63, 3.8) is 0 Å². The lowest BCUT2D eigenvalue weighted by Crippen LogP contribution is -2.09. The normalized spacial score (nSPS) is 11.1. The van der Waals surface area contributed by atoms with Gasteiger partial charge in [-0.05, 0) is 99.1 Å². The highest BCUT2D eigenvalue weighted by Gasteiger charge is 2.13. The van der Waals surface area contributed by atoms with Crippen LogP contribution in [0.3, 0.4) is 0 Å². The lowest BCUT2D eigenvalue weighted by atomic mass is 10.0. The second-order valence-corrected chi connectivity index (χ2v) is 13.6. The predicted octanol–water partition coefficient (Wildman–Crippen LogP) is 14.0. The van der Waals surface area contributed by atoms with Crippen molar-refractivity contribution in [2.24, 2.45) is 0 Å². The summed E-state index contributed by atoms with van der Waals surface area (Å²) in [7, 11) is 0. The average Bonchev–Trinajstić information content (AvgIpc) is 3.62. The van der Waals surface area contributed by atoms with Crippen molar-refractivity contribution in [2.45, 2.75) is 0 Å². The van der Waals surface area contributed by atoms with Crippen molar-refractivity contribution in [2.75, 3.05) is 4.90 Å². The average molecular weight is 671 g/mol. The van der Waals surface area contributed by atoms with E-state index in [2.05, 4.69) is 215 Å². The zero-order valence-corrected chi connectivity index (χ0v) is 28.7. The van der Waals surface area contributed by atoms with Gasteiger partial charge in [-0.1, -0.05) is 133 Å². The Bertz CT molecular complexity index is 2700. The molecule has 51 heavy (non-hydrogen) atoms. The maximum atomic E-state index is 2.34. The molecule has 0 spiro atoms. The van der Waals surface area contributed by atoms with Gasteiger partial charge in [0.2, 0.25) is 0 Å². The Labute approximate surface area is 301 Å². The van der Waals surface area contributed by atoms with E-state index in [-0.39, 0.29) is 0 Å². The zero-order chi connectivity index (χ0) is 34.0. The third-order valence-electron chi connectivity index (χ3n) is 9.54. The molecule has 9 aromatic rings. The fraction of sp³-hybridized carbons (Fsp3) is 0. The van der Waals surface area contributed by atoms with E-state index in [1.807, 2.05) is 0 Å². The number of anilines is 3. The summed E-state index contributed by atoms with van der Waals surface area (Å²) in [6, 6.07) is 69.8. The fourth-order valence-electron chi connectivity index (χ4n) is 6.98. The summed E-state index contributed by atoms with van der Waals surface area (Å²) in [5, 5.41) is 7.05. The van der Waals surface area contributed by atoms with E-state index < -0.39 is 0 Å². The number of hydrogen-bond donors (Lipinski definition) is 0. The molecule has 6 aromatic carbocycles. The number of aromatic nitrogens is 1. The minimum atomic E-state index is 1.08. The van der Waals surface area contributed by atoms with Crippen molar-refractivity contribution in [1.82, 2.24) is 4.40 Å². The van der Waals surface area contributed by atoms with Gasteiger partial charge in [-0.15, -0.1) is 11.3 Å². The molecule has 2 nitrogen and oxygen atoms in total. The van der Waals surface area contributed by atoms with Crippen molar-refractivity contribution in [1.29, 1.82) is 0 Å². The summed E-state index contributed by atoms with van der Waals surface area (Å²) < 4.78 is 3.56. The summed E-state index contributed by atoms with van der Waals surface area (Å²) in [5.74, 6) is 0. The van der Waals surface area contributed by atoms with E-state index in [0.717, 1.165) is 22.6 Å². The Hall–Kier alpha value is -6.42. The van der Waals surface area contributed by atoms with Crippen LogP contribution in [0.1, 0.15) is 0 Å². The number of nitrogens with zero attached hydrogens (tertiary/aromatic N) is 2. The Morgan fingerprint density at radius 3 is 1.73 bits per heavy atom. The fourth-order valence-corrected chi connectivity index (χ4v) is 7.77. The van der Waals surface area contributed by atoms with Crippen LogP contribution in [0.25, 0.3) is 59.5 Å². The second kappa shape index (κ2) is 13.5. The molecule has 0 saturated carbocycles. The Balaban J connectivity index is 1.18. The number of benzene rings is 6. The quantitative estimate of drug-likeness (QED) is 0.177. The van der Waals surface area contributed by atoms with Crippen LogP contribution in [-0.4, -0.2) is 4.40 Å². The summed E-state index contributed by atoms with van der Waals surface area (Å²) in [6.45, 7) is 0. The van der Waals surface area contributed by atoms with Gasteiger partial charge in [0.1, 0.15) is 0 Å². The van der Waals surface area contributed by atoms with Crippen LogP contribution in [0, 0.1) is 0 Å². The van der Waals surface area contributed by atoms with Crippen molar-refractivity contribution < 1.29 is 0 Å². The molecule has 0 atom stereocenters. The molecule has 3 heterocycles. The topological polar surface area (TPSA) is 7.65 Å². The lowest BCUT2D eigenvalue weighted by molar-refractivity contribution is 1.29. The highest BCUT2D eigenvalue weighted by atomic mass is 32.1. The van der Waals surface area contributed by atoms with E-state index in [1.54, 1.807) is 11.3 Å². The SMILES string of the molecule is c1ccc(-c2ccc(N(c3cccc4ccccc4scc3)c3ccc(-c4ccc5ccccc5n5cc(c4)c4ccccc45)cc3)cc2)cc1. The molecule has 9 rings (SSSR count). The van der Waals surface area contributed by atoms with Gasteiger partial charge in [0.15, 0.2) is 0 Å². The molecule has 0 aliphatic carbocycles. The first kappa shape index (κ1) is 30.6. The number of hydrogen-bond acceptors (Lipinski definition) is 2. The molecule has 242 valence electrons. The molecule has 2 bridgehead atoms. The lowest BCUT2D eigenvalue weighted by Gasteiger charge is -2.25. The molecule has 0 radical (unpaired) electrons. The second-order valence-electron chi connectivity index (χ2n) is 12.7. The molecular weight excluding hydrogens is 637 g/mol. The first-order valence-corrected chi connectivity index (χ1v) is 18.1. The summed E-state index contributed by atoms with van der Waals surface area (Å²) in [5.41, 5.74) is 10.4. The van der Waals surface area contributed by atoms with Gasteiger partial charge in [-0.25, -0.2) is 0 Å². The predicted molar refractivity (Wildman–Crippen MR) is 220 cm³/mol. The monoisotopic (exact) mass is 670 g/mol. The molecule has 3 aromatic heterocycles. The van der Waals surface area contributed by atoms with Gasteiger partial charge >= 0.3 is 0 Å². The van der Waals surface area contributed by atoms with E-state index in [1.165, 1.54) is 54.0 Å². The van der Waals surface area contributed by atoms with Crippen molar-refractivity contribution in [3.05, 3.63) is 206 Å². The van der Waals surface area contributed by atoms with Crippen LogP contribution in [0.15, 0.2) is 206 Å². The molecule has 0 aliphatic heterocycles. The van der Waals surface area contributed by atoms with Crippen molar-refractivity contribution >= 4 is 65.7 Å². The van der Waals surface area contributed by atoms with Crippen LogP contribution in [-0.2, 0) is 0 Å². The minimum Gasteiger partial charge on any atom is -0.315 e. The third-order valence-corrected chi connectivity index (χ3v) is 10.4. The maximum absolute atomic E-state index is 2.34. The molecule has 0 unspecified atom stereocenters. The van der Waals surface area contributed by atoms with E-state index in [9.17, 15) is 0 Å². The summed E-state index contributed by atoms with van der Waals surface area (Å²) in [4.78, 5) is 2.34. The molecule has 3 heteroatoms. The summed E-state index contributed by atoms with van der Waals surface area (Å²) in [6.07, 6.45) is 2.27. The zero-order valence-electron chi connectivity index (χ0n) is 27.9. The van der Waals surface area contributed by atoms with Crippen LogP contribution in [0.4, 0.5) is 17.1 Å². The number of fused-ring (bicyclic) bond motifs is 8. The summed E-state index contributed by atoms with van der Waals surface area (Å²) >= 11 is 1.75. The first-order valence-electron chi connectivity index (χ1n) is 17.2. The number of rotatable bonds is 5. The van der Waals surface area contributed by atoms with Gasteiger partial charge < -0.3 is 9.30 Å². The highest BCUT2D eigenvalue weighted by Crippen LogP contribution is 2.37. The van der Waals surface area contributed by atoms with Crippen LogP contribution < -0.4 is 4.90 Å². The van der Waals surface area contributed by atoms with E-state index in [4.69, 9.17) is 0 Å². The molecular formula is C48H34N2S. The molecule has 0 aliphatic rings. The van der Waals surface area contributed by atoms with Gasteiger partial charge in [0.25, 0.3) is 0 Å². The Morgan fingerprint density at radius 2 is 0.941 bits per heavy atom. The van der Waals surface area contributed by atoms with Crippen LogP contribution >= 0.6 is 11.3 Å². The first-order chi connectivity index (χ1) is 25.3. The van der Waals surface area contributed by atoms with Crippen molar-refractivity contribution in [3.8, 4) is 22.3 Å². The smallest absolute Gasteiger partial charge is 0.0534 e. The molecule has 0 amide bonds. The van der Waals surface area contributed by atoms with Gasteiger partial charge in [-0.3, -0.25) is 0 Å². The molecule has 0 N–H and O–H groups in total. The van der Waals surface area contributed by atoms with Crippen LogP contribution in [0.2, 0.25) is 0 Å². The van der Waals surface area contributed by atoms with E-state index in [0.29, 0.717) is 0 Å². The largest absolute Gasteiger partial charge is 0.315 e. The Kier molecular flexibility index (Phi) is 8.09. The standard InChI is InChI=1S/C48H34N2S/c1-2-11-35(12-3-1)36-23-27-43(28-24-36)50(42-16-10-15-39-14-5-9-20-48(39)51-32-31-42)44-29-25-37(26-30-44)40-22-21-38-13-4-7-18-46(38)49-34-41(33-40)45-17-6-8-19-47(45)49/h1-34H. The van der Waals surface area contributed by atoms with Gasteiger partial charge in [-0.2, -0.15) is 0 Å². The van der Waals surface area contributed by atoms with Gasteiger partial charge in [0.05, 0.1) is 11.0 Å². The highest BCUT2D eigenvalue weighted by molar-refractivity contribution is 7.16. The van der Waals surface area contributed by atoms with Gasteiger partial charge in [0, 0.05) is 38.7 Å².